The molecule has 9 nitrogen and oxygen atoms in total. The summed E-state index contributed by atoms with van der Waals surface area (Å²) in [5, 5.41) is 21.7. The fourth-order valence-corrected chi connectivity index (χ4v) is 2.11. The molecule has 2 rings (SSSR count). The molecule has 2 N–H and O–H groups in total. The van der Waals surface area contributed by atoms with E-state index in [0.717, 1.165) is 6.07 Å². The lowest BCUT2D eigenvalue weighted by atomic mass is 10.1. The van der Waals surface area contributed by atoms with Gasteiger partial charge in [0.15, 0.2) is 0 Å². The average Bonchev–Trinajstić information content (AvgIpc) is 2.80. The van der Waals surface area contributed by atoms with Gasteiger partial charge in [0, 0.05) is 12.6 Å². The summed E-state index contributed by atoms with van der Waals surface area (Å²) in [5.74, 6) is -0.448. The van der Waals surface area contributed by atoms with Crippen molar-refractivity contribution in [2.24, 2.45) is 5.73 Å². The molecule has 0 spiro atoms. The Balaban J connectivity index is 2.61. The lowest BCUT2D eigenvalue weighted by Crippen LogP contribution is -2.34. The van der Waals surface area contributed by atoms with Crippen LogP contribution in [0.15, 0.2) is 12.1 Å². The van der Waals surface area contributed by atoms with E-state index in [1.807, 2.05) is 0 Å². The van der Waals surface area contributed by atoms with E-state index in [9.17, 15) is 25.0 Å². The SMILES string of the molecule is NCC(=O)N1CCc2cc([N+](=O)[O-])cc([N+](=O)[O-])c21. The zero-order valence-corrected chi connectivity index (χ0v) is 9.74. The number of carbonyl (C=O) groups excluding carboxylic acids is 1. The van der Waals surface area contributed by atoms with E-state index in [0.29, 0.717) is 12.0 Å². The van der Waals surface area contributed by atoms with Crippen LogP contribution in [0.1, 0.15) is 5.56 Å². The number of anilines is 1. The first-order valence-electron chi connectivity index (χ1n) is 5.42. The second-order valence-corrected chi connectivity index (χ2v) is 3.99. The van der Waals surface area contributed by atoms with E-state index in [2.05, 4.69) is 0 Å². The summed E-state index contributed by atoms with van der Waals surface area (Å²) >= 11 is 0. The van der Waals surface area contributed by atoms with Crippen LogP contribution in [0, 0.1) is 20.2 Å². The van der Waals surface area contributed by atoms with Crippen molar-refractivity contribution in [3.05, 3.63) is 37.9 Å². The summed E-state index contributed by atoms with van der Waals surface area (Å²) in [7, 11) is 0. The fourth-order valence-electron chi connectivity index (χ4n) is 2.11. The smallest absolute Gasteiger partial charge is 0.300 e. The zero-order valence-electron chi connectivity index (χ0n) is 9.74. The number of nitro groups is 2. The summed E-state index contributed by atoms with van der Waals surface area (Å²) in [5.41, 5.74) is 4.98. The van der Waals surface area contributed by atoms with Crippen LogP contribution in [0.25, 0.3) is 0 Å². The third-order valence-corrected chi connectivity index (χ3v) is 2.91. The minimum atomic E-state index is -0.728. The number of rotatable bonds is 3. The van der Waals surface area contributed by atoms with E-state index in [1.165, 1.54) is 11.0 Å². The molecular weight excluding hydrogens is 256 g/mol. The number of carbonyl (C=O) groups is 1. The Bertz CT molecular complexity index is 586. The van der Waals surface area contributed by atoms with E-state index in [1.54, 1.807) is 0 Å². The van der Waals surface area contributed by atoms with Crippen molar-refractivity contribution in [3.8, 4) is 0 Å². The molecule has 1 aromatic rings. The Kier molecular flexibility index (Phi) is 3.13. The van der Waals surface area contributed by atoms with Gasteiger partial charge < -0.3 is 10.6 Å². The van der Waals surface area contributed by atoms with Gasteiger partial charge in [0.25, 0.3) is 11.4 Å². The molecule has 1 aliphatic heterocycles. The number of nitrogens with zero attached hydrogens (tertiary/aromatic N) is 3. The molecule has 1 heterocycles. The molecule has 1 amide bonds. The van der Waals surface area contributed by atoms with Gasteiger partial charge in [0.1, 0.15) is 5.69 Å². The molecule has 0 saturated carbocycles. The molecule has 19 heavy (non-hydrogen) atoms. The summed E-state index contributed by atoms with van der Waals surface area (Å²) in [6.07, 6.45) is 0.337. The Labute approximate surface area is 106 Å². The molecule has 0 aromatic heterocycles. The third kappa shape index (κ3) is 2.10. The number of nitro benzene ring substituents is 2. The predicted octanol–water partition coefficient (Wildman–Crippen LogP) is 0.351. The van der Waals surface area contributed by atoms with Crippen molar-refractivity contribution >= 4 is 23.0 Å². The molecule has 0 atom stereocenters. The highest BCUT2D eigenvalue weighted by atomic mass is 16.6. The number of hydrogen-bond acceptors (Lipinski definition) is 6. The van der Waals surface area contributed by atoms with Crippen LogP contribution in [0.4, 0.5) is 17.1 Å². The first-order chi connectivity index (χ1) is 8.95. The van der Waals surface area contributed by atoms with Crippen LogP contribution in [-0.4, -0.2) is 28.8 Å². The highest BCUT2D eigenvalue weighted by Crippen LogP contribution is 2.40. The maximum absolute atomic E-state index is 11.6. The quantitative estimate of drug-likeness (QED) is 0.619. The number of fused-ring (bicyclic) bond motifs is 1. The Hall–Kier alpha value is -2.55. The largest absolute Gasteiger partial charge is 0.322 e. The molecule has 1 aliphatic rings. The third-order valence-electron chi connectivity index (χ3n) is 2.91. The topological polar surface area (TPSA) is 133 Å². The Morgan fingerprint density at radius 3 is 2.53 bits per heavy atom. The van der Waals surface area contributed by atoms with Crippen molar-refractivity contribution < 1.29 is 14.6 Å². The van der Waals surface area contributed by atoms with Crippen LogP contribution in [0.3, 0.4) is 0 Å². The molecule has 100 valence electrons. The second-order valence-electron chi connectivity index (χ2n) is 3.99. The van der Waals surface area contributed by atoms with Gasteiger partial charge >= 0.3 is 0 Å². The minimum absolute atomic E-state index is 0.117. The fraction of sp³-hybridized carbons (Fsp3) is 0.300. The molecule has 0 aliphatic carbocycles. The molecular formula is C10H10N4O5. The summed E-state index contributed by atoms with van der Waals surface area (Å²) in [4.78, 5) is 33.1. The van der Waals surface area contributed by atoms with Gasteiger partial charge in [-0.05, 0) is 12.0 Å². The zero-order chi connectivity index (χ0) is 14.2. The molecule has 0 unspecified atom stereocenters. The molecule has 0 fully saturated rings. The first kappa shape index (κ1) is 12.9. The molecule has 1 aromatic carbocycles. The van der Waals surface area contributed by atoms with Crippen LogP contribution < -0.4 is 10.6 Å². The van der Waals surface area contributed by atoms with Crippen molar-refractivity contribution in [2.75, 3.05) is 18.0 Å². The van der Waals surface area contributed by atoms with Crippen molar-refractivity contribution in [2.45, 2.75) is 6.42 Å². The normalized spacial score (nSPS) is 13.2. The van der Waals surface area contributed by atoms with Crippen molar-refractivity contribution in [1.82, 2.24) is 0 Å². The maximum Gasteiger partial charge on any atom is 0.300 e. The monoisotopic (exact) mass is 266 g/mol. The van der Waals surface area contributed by atoms with Gasteiger partial charge in [-0.1, -0.05) is 0 Å². The number of benzene rings is 1. The maximum atomic E-state index is 11.6. The minimum Gasteiger partial charge on any atom is -0.322 e. The van der Waals surface area contributed by atoms with E-state index < -0.39 is 21.4 Å². The highest BCUT2D eigenvalue weighted by molar-refractivity contribution is 5.99. The summed E-state index contributed by atoms with van der Waals surface area (Å²) in [6.45, 7) is -0.0268. The first-order valence-corrected chi connectivity index (χ1v) is 5.42. The van der Waals surface area contributed by atoms with Crippen LogP contribution in [0.2, 0.25) is 0 Å². The van der Waals surface area contributed by atoms with Gasteiger partial charge in [-0.2, -0.15) is 0 Å². The van der Waals surface area contributed by atoms with Crippen molar-refractivity contribution in [3.63, 3.8) is 0 Å². The average molecular weight is 266 g/mol. The Morgan fingerprint density at radius 1 is 1.32 bits per heavy atom. The highest BCUT2D eigenvalue weighted by Gasteiger charge is 2.34. The Morgan fingerprint density at radius 2 is 2.00 bits per heavy atom. The number of non-ortho nitro benzene ring substituents is 1. The van der Waals surface area contributed by atoms with Gasteiger partial charge in [0.2, 0.25) is 5.91 Å². The molecule has 0 saturated heterocycles. The van der Waals surface area contributed by atoms with Crippen LogP contribution in [-0.2, 0) is 11.2 Å². The van der Waals surface area contributed by atoms with E-state index in [4.69, 9.17) is 5.73 Å². The molecule has 9 heteroatoms. The van der Waals surface area contributed by atoms with Gasteiger partial charge in [-0.15, -0.1) is 0 Å². The number of amides is 1. The summed E-state index contributed by atoms with van der Waals surface area (Å²) in [6, 6.07) is 2.12. The van der Waals surface area contributed by atoms with Crippen LogP contribution >= 0.6 is 0 Å². The number of hydrogen-bond donors (Lipinski definition) is 1. The van der Waals surface area contributed by atoms with Gasteiger partial charge in [-0.3, -0.25) is 25.0 Å². The predicted molar refractivity (Wildman–Crippen MR) is 64.9 cm³/mol. The summed E-state index contributed by atoms with van der Waals surface area (Å²) < 4.78 is 0. The van der Waals surface area contributed by atoms with Crippen LogP contribution in [0.5, 0.6) is 0 Å². The molecule has 0 bridgehead atoms. The van der Waals surface area contributed by atoms with E-state index in [-0.39, 0.29) is 24.5 Å². The van der Waals surface area contributed by atoms with E-state index >= 15 is 0 Å². The number of nitrogens with two attached hydrogens (primary N) is 1. The van der Waals surface area contributed by atoms with Gasteiger partial charge in [-0.25, -0.2) is 0 Å². The van der Waals surface area contributed by atoms with Gasteiger partial charge in [0.05, 0.1) is 22.5 Å². The molecule has 0 radical (unpaired) electrons. The lowest BCUT2D eigenvalue weighted by Gasteiger charge is -2.15. The standard InChI is InChI=1S/C10H10N4O5/c11-5-9(15)12-2-1-6-3-7(13(16)17)4-8(10(6)12)14(18)19/h3-4H,1-2,5,11H2. The van der Waals surface area contributed by atoms with Crippen molar-refractivity contribution in [1.29, 1.82) is 0 Å². The lowest BCUT2D eigenvalue weighted by molar-refractivity contribution is -0.393. The second kappa shape index (κ2) is 4.61.